The second kappa shape index (κ2) is 9.47. The van der Waals surface area contributed by atoms with Crippen LogP contribution in [0.4, 0.5) is 5.69 Å². The van der Waals surface area contributed by atoms with Crippen molar-refractivity contribution in [2.24, 2.45) is 5.92 Å². The highest BCUT2D eigenvalue weighted by Crippen LogP contribution is 2.23. The number of aromatic nitrogens is 4. The van der Waals surface area contributed by atoms with E-state index in [4.69, 9.17) is 4.74 Å². The number of ether oxygens (including phenoxy) is 1. The van der Waals surface area contributed by atoms with Crippen LogP contribution in [0.2, 0.25) is 0 Å². The summed E-state index contributed by atoms with van der Waals surface area (Å²) in [5, 5.41) is 12.6. The summed E-state index contributed by atoms with van der Waals surface area (Å²) in [5.74, 6) is 1.60. The van der Waals surface area contributed by atoms with Crippen LogP contribution in [0.1, 0.15) is 43.3 Å². The first kappa shape index (κ1) is 20.7. The highest BCUT2D eigenvalue weighted by atomic mass is 16.5. The number of hydrogen-bond acceptors (Lipinski definition) is 5. The molecule has 3 rings (SSSR count). The molecule has 1 aromatic carbocycles. The summed E-state index contributed by atoms with van der Waals surface area (Å²) in [6.45, 7) is 14.6. The highest BCUT2D eigenvalue weighted by molar-refractivity contribution is 5.56. The minimum atomic E-state index is 0.326. The lowest BCUT2D eigenvalue weighted by Crippen LogP contribution is -3.15. The van der Waals surface area contributed by atoms with Crippen molar-refractivity contribution in [3.8, 4) is 0 Å². The number of aryl methyl sites for hydroxylation is 1. The topological polar surface area (TPSA) is 60.5 Å². The molecular weight excluding hydrogens is 352 g/mol. The van der Waals surface area contributed by atoms with Crippen LogP contribution in [0.25, 0.3) is 0 Å². The van der Waals surface area contributed by atoms with E-state index in [1.807, 2.05) is 4.68 Å². The van der Waals surface area contributed by atoms with Gasteiger partial charge in [-0.1, -0.05) is 26.0 Å². The van der Waals surface area contributed by atoms with Gasteiger partial charge < -0.3 is 14.5 Å². The molecule has 0 amide bonds. The molecule has 1 fully saturated rings. The van der Waals surface area contributed by atoms with Gasteiger partial charge >= 0.3 is 0 Å². The van der Waals surface area contributed by atoms with E-state index in [1.54, 1.807) is 12.0 Å². The number of quaternary nitrogens is 1. The summed E-state index contributed by atoms with van der Waals surface area (Å²) in [4.78, 5) is 4.12. The third-order valence-electron chi connectivity index (χ3n) is 5.90. The summed E-state index contributed by atoms with van der Waals surface area (Å²) in [6.07, 6.45) is 1.09. The summed E-state index contributed by atoms with van der Waals surface area (Å²) < 4.78 is 7.16. The van der Waals surface area contributed by atoms with Gasteiger partial charge in [0.25, 0.3) is 0 Å². The Bertz CT molecular complexity index is 751. The molecule has 0 radical (unpaired) electrons. The van der Waals surface area contributed by atoms with E-state index in [9.17, 15) is 0 Å². The minimum Gasteiger partial charge on any atom is -0.383 e. The van der Waals surface area contributed by atoms with Crippen LogP contribution in [0.5, 0.6) is 0 Å². The number of nitrogens with one attached hydrogen (secondary N) is 1. The number of benzene rings is 1. The van der Waals surface area contributed by atoms with Crippen molar-refractivity contribution in [2.45, 2.75) is 46.7 Å². The number of tetrazole rings is 1. The Labute approximate surface area is 168 Å². The lowest BCUT2D eigenvalue weighted by molar-refractivity contribution is -0.934. The summed E-state index contributed by atoms with van der Waals surface area (Å²) >= 11 is 0. The number of nitrogens with zero attached hydrogens (tertiary/aromatic N) is 5. The molecule has 1 aromatic heterocycles. The van der Waals surface area contributed by atoms with Gasteiger partial charge in [0.1, 0.15) is 6.04 Å². The Morgan fingerprint density at radius 1 is 1.18 bits per heavy atom. The normalized spacial score (nSPS) is 16.7. The predicted molar refractivity (Wildman–Crippen MR) is 111 cm³/mol. The van der Waals surface area contributed by atoms with Crippen LogP contribution in [-0.4, -0.2) is 60.1 Å². The molecule has 28 heavy (non-hydrogen) atoms. The smallest absolute Gasteiger partial charge is 0.209 e. The van der Waals surface area contributed by atoms with Crippen molar-refractivity contribution in [3.05, 3.63) is 35.2 Å². The van der Waals surface area contributed by atoms with Crippen LogP contribution in [0, 0.1) is 19.8 Å². The van der Waals surface area contributed by atoms with Crippen molar-refractivity contribution in [2.75, 3.05) is 44.8 Å². The molecule has 0 saturated carbocycles. The maximum Gasteiger partial charge on any atom is 0.209 e. The van der Waals surface area contributed by atoms with Crippen LogP contribution in [0.3, 0.4) is 0 Å². The first-order chi connectivity index (χ1) is 13.5. The van der Waals surface area contributed by atoms with E-state index in [2.05, 4.69) is 66.3 Å². The second-order valence-corrected chi connectivity index (χ2v) is 8.30. The fourth-order valence-electron chi connectivity index (χ4n) is 4.19. The Hall–Kier alpha value is -1.99. The Balaban J connectivity index is 1.73. The van der Waals surface area contributed by atoms with E-state index >= 15 is 0 Å². The molecule has 1 saturated heterocycles. The molecule has 2 heterocycles. The van der Waals surface area contributed by atoms with Gasteiger partial charge in [0.05, 0.1) is 39.3 Å². The monoisotopic (exact) mass is 387 g/mol. The highest BCUT2D eigenvalue weighted by Gasteiger charge is 2.33. The number of hydrogen-bond donors (Lipinski definition) is 1. The van der Waals surface area contributed by atoms with Gasteiger partial charge in [-0.3, -0.25) is 0 Å². The van der Waals surface area contributed by atoms with E-state index < -0.39 is 0 Å². The zero-order valence-corrected chi connectivity index (χ0v) is 18.0. The van der Waals surface area contributed by atoms with Crippen molar-refractivity contribution in [1.82, 2.24) is 20.2 Å². The maximum atomic E-state index is 5.23. The van der Waals surface area contributed by atoms with E-state index in [-0.39, 0.29) is 0 Å². The standard InChI is InChI=1S/C21H34N6O/c1-16(2)15-20(21-22-23-24-27(21)13-14-28-5)26-11-9-25(10-12-26)19-8-6-7-17(3)18(19)4/h6-8,16,20H,9-15H2,1-5H3/p+1/t20-/m0/s1. The third kappa shape index (κ3) is 4.70. The zero-order valence-electron chi connectivity index (χ0n) is 18.0. The predicted octanol–water partition coefficient (Wildman–Crippen LogP) is 1.43. The summed E-state index contributed by atoms with van der Waals surface area (Å²) in [7, 11) is 1.72. The van der Waals surface area contributed by atoms with Crippen molar-refractivity contribution < 1.29 is 9.64 Å². The Morgan fingerprint density at radius 3 is 2.61 bits per heavy atom. The second-order valence-electron chi connectivity index (χ2n) is 8.30. The summed E-state index contributed by atoms with van der Waals surface area (Å²) in [6, 6.07) is 6.94. The van der Waals surface area contributed by atoms with Gasteiger partial charge in [-0.15, -0.1) is 5.10 Å². The molecule has 1 N–H and O–H groups in total. The molecule has 1 atom stereocenters. The molecule has 154 valence electrons. The largest absolute Gasteiger partial charge is 0.383 e. The summed E-state index contributed by atoms with van der Waals surface area (Å²) in [5.41, 5.74) is 4.14. The van der Waals surface area contributed by atoms with Gasteiger partial charge in [-0.2, -0.15) is 0 Å². The maximum absolute atomic E-state index is 5.23. The van der Waals surface area contributed by atoms with Crippen LogP contribution in [0.15, 0.2) is 18.2 Å². The molecule has 0 bridgehead atoms. The van der Waals surface area contributed by atoms with Gasteiger partial charge in [0, 0.05) is 19.2 Å². The zero-order chi connectivity index (χ0) is 20.1. The quantitative estimate of drug-likeness (QED) is 0.743. The molecule has 1 aliphatic heterocycles. The molecule has 0 unspecified atom stereocenters. The number of anilines is 1. The lowest BCUT2D eigenvalue weighted by Gasteiger charge is -2.38. The van der Waals surface area contributed by atoms with Crippen LogP contribution < -0.4 is 9.80 Å². The molecule has 1 aliphatic rings. The molecular formula is C21H35N6O+. The Morgan fingerprint density at radius 2 is 1.93 bits per heavy atom. The number of rotatable bonds is 8. The first-order valence-corrected chi connectivity index (χ1v) is 10.4. The van der Waals surface area contributed by atoms with Gasteiger partial charge in [0.2, 0.25) is 5.82 Å². The van der Waals surface area contributed by atoms with Crippen LogP contribution >= 0.6 is 0 Å². The van der Waals surface area contributed by atoms with E-state index in [0.717, 1.165) is 38.4 Å². The van der Waals surface area contributed by atoms with Crippen molar-refractivity contribution in [3.63, 3.8) is 0 Å². The van der Waals surface area contributed by atoms with Gasteiger partial charge in [-0.25, -0.2) is 4.68 Å². The average molecular weight is 388 g/mol. The molecule has 0 aliphatic carbocycles. The molecule has 7 heteroatoms. The van der Waals surface area contributed by atoms with Crippen molar-refractivity contribution in [1.29, 1.82) is 0 Å². The fraction of sp³-hybridized carbons (Fsp3) is 0.667. The van der Waals surface area contributed by atoms with Gasteiger partial charge in [-0.05, 0) is 47.4 Å². The van der Waals surface area contributed by atoms with Gasteiger partial charge in [0.15, 0.2) is 0 Å². The molecule has 0 spiro atoms. The van der Waals surface area contributed by atoms with E-state index in [1.165, 1.54) is 16.8 Å². The average Bonchev–Trinajstić information content (AvgIpc) is 3.15. The minimum absolute atomic E-state index is 0.326. The van der Waals surface area contributed by atoms with E-state index in [0.29, 0.717) is 25.1 Å². The number of methoxy groups -OCH3 is 1. The lowest BCUT2D eigenvalue weighted by atomic mass is 10.0. The van der Waals surface area contributed by atoms with Crippen LogP contribution in [-0.2, 0) is 11.3 Å². The Kier molecular flexibility index (Phi) is 7.02. The van der Waals surface area contributed by atoms with Crippen molar-refractivity contribution >= 4 is 5.69 Å². The number of piperazine rings is 1. The fourth-order valence-corrected chi connectivity index (χ4v) is 4.19. The molecule has 7 nitrogen and oxygen atoms in total. The first-order valence-electron chi connectivity index (χ1n) is 10.4. The third-order valence-corrected chi connectivity index (χ3v) is 5.90. The SMILES string of the molecule is COCCn1nnnc1[C@H](CC(C)C)[NH+]1CCN(c2cccc(C)c2C)CC1. The molecule has 2 aromatic rings.